The summed E-state index contributed by atoms with van der Waals surface area (Å²) >= 11 is 0. The van der Waals surface area contributed by atoms with Gasteiger partial charge in [-0.25, -0.2) is 4.79 Å². The number of benzene rings is 2. The largest absolute Gasteiger partial charge is 0.460 e. The summed E-state index contributed by atoms with van der Waals surface area (Å²) in [6.07, 6.45) is -0.151. The number of anilines is 1. The number of hydrogen-bond donors (Lipinski definition) is 0. The van der Waals surface area contributed by atoms with Gasteiger partial charge in [-0.15, -0.1) is 0 Å². The number of rotatable bonds is 9. The van der Waals surface area contributed by atoms with Crippen LogP contribution in [0.5, 0.6) is 0 Å². The molecule has 0 fully saturated rings. The molecular formula is C24H31N3O4Si. The molecular weight excluding hydrogens is 422 g/mol. The molecule has 0 saturated carbocycles. The molecule has 32 heavy (non-hydrogen) atoms. The first-order chi connectivity index (χ1) is 15.0. The summed E-state index contributed by atoms with van der Waals surface area (Å²) in [5, 5.41) is 1.67. The minimum atomic E-state index is -2.32. The molecule has 0 aliphatic carbocycles. The minimum absolute atomic E-state index is 0.0883. The summed E-state index contributed by atoms with van der Waals surface area (Å²) < 4.78 is 11.3. The van der Waals surface area contributed by atoms with E-state index in [2.05, 4.69) is 43.4 Å². The van der Waals surface area contributed by atoms with Crippen LogP contribution in [0.1, 0.15) is 38.8 Å². The Balaban J connectivity index is 2.59. The average molecular weight is 454 g/mol. The number of carbonyl (C=O) groups excluding carboxylic acids is 2. The topological polar surface area (TPSA) is 92.2 Å². The molecule has 0 bridgehead atoms. The lowest BCUT2D eigenvalue weighted by molar-refractivity contribution is -0.139. The highest BCUT2D eigenvalue weighted by Gasteiger charge is 2.43. The molecule has 1 unspecified atom stereocenters. The summed E-state index contributed by atoms with van der Waals surface area (Å²) in [6.45, 7) is 10.7. The Kier molecular flexibility index (Phi) is 8.27. The second-order valence-corrected chi connectivity index (χ2v) is 13.7. The Morgan fingerprint density at radius 1 is 1.03 bits per heavy atom. The van der Waals surface area contributed by atoms with Gasteiger partial charge in [-0.05, 0) is 35.8 Å². The lowest BCUT2D eigenvalue weighted by Crippen LogP contribution is -2.48. The van der Waals surface area contributed by atoms with E-state index in [1.165, 1.54) is 0 Å². The number of ketones is 1. The van der Waals surface area contributed by atoms with E-state index in [0.717, 1.165) is 18.4 Å². The van der Waals surface area contributed by atoms with Gasteiger partial charge in [0.1, 0.15) is 0 Å². The minimum Gasteiger partial charge on any atom is -0.460 e. The van der Waals surface area contributed by atoms with Gasteiger partial charge < -0.3 is 14.8 Å². The van der Waals surface area contributed by atoms with Gasteiger partial charge in [0.2, 0.25) is 8.32 Å². The lowest BCUT2D eigenvalue weighted by atomic mass is 9.98. The van der Waals surface area contributed by atoms with E-state index in [1.807, 2.05) is 60.7 Å². The molecule has 0 aliphatic heterocycles. The van der Waals surface area contributed by atoms with Crippen molar-refractivity contribution >= 4 is 31.5 Å². The van der Waals surface area contributed by atoms with Crippen LogP contribution in [0.25, 0.3) is 5.53 Å². The molecule has 0 N–H and O–H groups in total. The van der Waals surface area contributed by atoms with Crippen molar-refractivity contribution < 1.29 is 23.6 Å². The molecule has 1 atom stereocenters. The average Bonchev–Trinajstić information content (AvgIpc) is 2.76. The maximum atomic E-state index is 13.0. The fraction of sp³-hybridized carbons (Fsp3) is 0.375. The standard InChI is InChI=1S/C24H31N3O4Si/c1-24(2,3)32(5,6)31-27(19-15-11-8-12-16-19)20(18-13-9-7-10-14-18)17-21(28)22(26-25)23(29)30-4/h7-16,20H,17H2,1-6H3. The number of carbonyl (C=O) groups is 2. The molecule has 0 saturated heterocycles. The smallest absolute Gasteiger partial charge is 0.441 e. The van der Waals surface area contributed by atoms with E-state index in [-0.39, 0.29) is 11.5 Å². The second kappa shape index (κ2) is 10.5. The molecule has 0 heterocycles. The summed E-state index contributed by atoms with van der Waals surface area (Å²) in [5.41, 5.74) is 10.2. The Bertz CT molecular complexity index is 981. The molecule has 7 nitrogen and oxygen atoms in total. The highest BCUT2D eigenvalue weighted by atomic mass is 28.4. The molecule has 170 valence electrons. The van der Waals surface area contributed by atoms with Gasteiger partial charge in [-0.2, -0.15) is 4.79 Å². The Morgan fingerprint density at radius 2 is 1.56 bits per heavy atom. The molecule has 0 aliphatic rings. The molecule has 8 heteroatoms. The number of ether oxygens (including phenoxy) is 1. The molecule has 0 aromatic heterocycles. The number of esters is 1. The molecule has 2 rings (SSSR count). The van der Waals surface area contributed by atoms with Gasteiger partial charge >= 0.3 is 11.7 Å². The number of hydroxylamine groups is 1. The zero-order chi connectivity index (χ0) is 23.9. The van der Waals surface area contributed by atoms with Gasteiger partial charge in [0.05, 0.1) is 18.8 Å². The number of hydrogen-bond acceptors (Lipinski definition) is 5. The van der Waals surface area contributed by atoms with Gasteiger partial charge in [-0.1, -0.05) is 69.3 Å². The third kappa shape index (κ3) is 6.00. The lowest BCUT2D eigenvalue weighted by Gasteiger charge is -2.43. The predicted molar refractivity (Wildman–Crippen MR) is 127 cm³/mol. The van der Waals surface area contributed by atoms with Gasteiger partial charge in [0.25, 0.3) is 5.78 Å². The fourth-order valence-corrected chi connectivity index (χ4v) is 3.84. The highest BCUT2D eigenvalue weighted by Crippen LogP contribution is 2.41. The Labute approximate surface area is 190 Å². The number of methoxy groups -OCH3 is 1. The first kappa shape index (κ1) is 25.2. The number of Topliss-reactive ketones (excluding diaryl/α,β-unsaturated/α-hetero) is 1. The van der Waals surface area contributed by atoms with Crippen molar-refractivity contribution in [3.63, 3.8) is 0 Å². The number of para-hydroxylation sites is 1. The molecule has 2 aromatic rings. The van der Waals surface area contributed by atoms with E-state index in [0.29, 0.717) is 0 Å². The van der Waals surface area contributed by atoms with Crippen molar-refractivity contribution in [2.75, 3.05) is 12.2 Å². The first-order valence-electron chi connectivity index (χ1n) is 10.4. The van der Waals surface area contributed by atoms with Crippen molar-refractivity contribution in [3.8, 4) is 0 Å². The van der Waals surface area contributed by atoms with E-state index < -0.39 is 31.8 Å². The maximum Gasteiger partial charge on any atom is 0.441 e. The van der Waals surface area contributed by atoms with E-state index in [9.17, 15) is 15.1 Å². The molecule has 0 amide bonds. The normalized spacial score (nSPS) is 12.4. The first-order valence-corrected chi connectivity index (χ1v) is 13.3. The predicted octanol–water partition coefficient (Wildman–Crippen LogP) is 4.97. The maximum absolute atomic E-state index is 13.0. The van der Waals surface area contributed by atoms with E-state index in [4.69, 9.17) is 4.53 Å². The molecule has 0 radical (unpaired) electrons. The van der Waals surface area contributed by atoms with E-state index in [1.54, 1.807) is 5.06 Å². The van der Waals surface area contributed by atoms with Crippen molar-refractivity contribution in [3.05, 3.63) is 71.8 Å². The SMILES string of the molecule is COC(=O)C(=[N+]=[N-])C(=O)CC(c1ccccc1)N(O[Si](C)(C)C(C)(C)C)c1ccccc1. The zero-order valence-electron chi connectivity index (χ0n) is 19.5. The van der Waals surface area contributed by atoms with Crippen molar-refractivity contribution in [2.24, 2.45) is 0 Å². The van der Waals surface area contributed by atoms with Crippen LogP contribution >= 0.6 is 0 Å². The van der Waals surface area contributed by atoms with Crippen molar-refractivity contribution in [1.82, 2.24) is 0 Å². The molecule has 0 spiro atoms. The second-order valence-electron chi connectivity index (χ2n) is 9.01. The van der Waals surface area contributed by atoms with E-state index >= 15 is 0 Å². The van der Waals surface area contributed by atoms with Crippen LogP contribution in [-0.4, -0.2) is 37.7 Å². The third-order valence-corrected chi connectivity index (χ3v) is 10.00. The van der Waals surface area contributed by atoms with Gasteiger partial charge in [0, 0.05) is 6.42 Å². The van der Waals surface area contributed by atoms with Crippen molar-refractivity contribution in [1.29, 1.82) is 0 Å². The summed E-state index contributed by atoms with van der Waals surface area (Å²) in [7, 11) is -1.19. The molecule has 2 aromatic carbocycles. The summed E-state index contributed by atoms with van der Waals surface area (Å²) in [4.78, 5) is 27.8. The monoisotopic (exact) mass is 453 g/mol. The fourth-order valence-electron chi connectivity index (χ4n) is 2.84. The van der Waals surface area contributed by atoms with Crippen LogP contribution in [0.4, 0.5) is 5.69 Å². The third-order valence-electron chi connectivity index (χ3n) is 5.73. The van der Waals surface area contributed by atoms with Crippen molar-refractivity contribution in [2.45, 2.75) is 51.4 Å². The van der Waals surface area contributed by atoms with Crippen LogP contribution in [0.2, 0.25) is 18.1 Å². The quantitative estimate of drug-likeness (QED) is 0.102. The van der Waals surface area contributed by atoms with Gasteiger partial charge in [-0.3, -0.25) is 9.86 Å². The van der Waals surface area contributed by atoms with Gasteiger partial charge in [0.15, 0.2) is 0 Å². The zero-order valence-corrected chi connectivity index (χ0v) is 20.5. The van der Waals surface area contributed by atoms with Crippen LogP contribution in [-0.2, 0) is 18.9 Å². The highest BCUT2D eigenvalue weighted by molar-refractivity contribution is 6.74. The summed E-state index contributed by atoms with van der Waals surface area (Å²) in [6, 6.07) is 18.4. The Hall–Kier alpha value is -3.06. The van der Waals surface area contributed by atoms with Crippen LogP contribution in [0, 0.1) is 0 Å². The van der Waals surface area contributed by atoms with Crippen LogP contribution in [0.3, 0.4) is 0 Å². The summed E-state index contributed by atoms with van der Waals surface area (Å²) in [5.74, 6) is -1.63. The number of nitrogens with zero attached hydrogens (tertiary/aromatic N) is 3. The Morgan fingerprint density at radius 3 is 2.03 bits per heavy atom. The van der Waals surface area contributed by atoms with Crippen LogP contribution in [0.15, 0.2) is 60.7 Å². The van der Waals surface area contributed by atoms with Crippen LogP contribution < -0.4 is 5.06 Å².